The van der Waals surface area contributed by atoms with Crippen LogP contribution in [-0.4, -0.2) is 25.2 Å². The van der Waals surface area contributed by atoms with E-state index in [9.17, 15) is 9.59 Å². The van der Waals surface area contributed by atoms with Gasteiger partial charge >= 0.3 is 11.9 Å². The molecule has 4 heteroatoms. The van der Waals surface area contributed by atoms with Crippen molar-refractivity contribution in [1.29, 1.82) is 0 Å². The van der Waals surface area contributed by atoms with Crippen molar-refractivity contribution >= 4 is 11.9 Å². The monoisotopic (exact) mass is 460 g/mol. The molecule has 1 aliphatic carbocycles. The molecule has 0 spiro atoms. The molecule has 0 unspecified atom stereocenters. The minimum absolute atomic E-state index is 0.151. The van der Waals surface area contributed by atoms with Gasteiger partial charge in [-0.3, -0.25) is 0 Å². The predicted molar refractivity (Wildman–Crippen MR) is 136 cm³/mol. The fourth-order valence-electron chi connectivity index (χ4n) is 4.70. The van der Waals surface area contributed by atoms with Crippen LogP contribution in [0, 0.1) is 11.8 Å². The first-order chi connectivity index (χ1) is 16.5. The lowest BCUT2D eigenvalue weighted by Gasteiger charge is -2.28. The maximum absolute atomic E-state index is 11.5. The molecule has 1 fully saturated rings. The summed E-state index contributed by atoms with van der Waals surface area (Å²) in [6.07, 6.45) is 9.49. The number of hydrogen-bond donors (Lipinski definition) is 0. The second-order valence-electron chi connectivity index (χ2n) is 9.18. The van der Waals surface area contributed by atoms with Crippen molar-refractivity contribution in [3.05, 3.63) is 85.0 Å². The Morgan fingerprint density at radius 1 is 0.853 bits per heavy atom. The minimum atomic E-state index is -0.489. The van der Waals surface area contributed by atoms with E-state index in [1.165, 1.54) is 43.2 Å². The quantitative estimate of drug-likeness (QED) is 0.278. The van der Waals surface area contributed by atoms with E-state index >= 15 is 0 Å². The van der Waals surface area contributed by atoms with E-state index in [0.29, 0.717) is 12.3 Å². The normalized spacial score (nSPS) is 17.7. The maximum atomic E-state index is 11.5. The van der Waals surface area contributed by atoms with Crippen LogP contribution in [0.15, 0.2) is 73.8 Å². The fourth-order valence-corrected chi connectivity index (χ4v) is 4.70. The number of esters is 2. The lowest BCUT2D eigenvalue weighted by atomic mass is 9.77. The first-order valence-electron chi connectivity index (χ1n) is 12.3. The Morgan fingerprint density at radius 3 is 1.82 bits per heavy atom. The smallest absolute Gasteiger partial charge is 0.330 e. The van der Waals surface area contributed by atoms with Gasteiger partial charge in [-0.1, -0.05) is 75.0 Å². The average Bonchev–Trinajstić information content (AvgIpc) is 2.90. The molecule has 2 aromatic carbocycles. The van der Waals surface area contributed by atoms with Crippen molar-refractivity contribution in [2.24, 2.45) is 11.8 Å². The zero-order valence-electron chi connectivity index (χ0n) is 20.2. The summed E-state index contributed by atoms with van der Waals surface area (Å²) in [5.41, 5.74) is 4.91. The molecule has 0 radical (unpaired) electrons. The van der Waals surface area contributed by atoms with Crippen molar-refractivity contribution < 1.29 is 19.1 Å². The molecule has 4 nitrogen and oxygen atoms in total. The van der Waals surface area contributed by atoms with Crippen molar-refractivity contribution in [2.75, 3.05) is 13.2 Å². The Bertz CT molecular complexity index is 926. The van der Waals surface area contributed by atoms with Gasteiger partial charge in [-0.05, 0) is 66.2 Å². The van der Waals surface area contributed by atoms with Gasteiger partial charge < -0.3 is 9.47 Å². The van der Waals surface area contributed by atoms with Crippen LogP contribution in [0.2, 0.25) is 0 Å². The van der Waals surface area contributed by atoms with Crippen LogP contribution < -0.4 is 0 Å². The van der Waals surface area contributed by atoms with Gasteiger partial charge in [0.05, 0.1) is 13.2 Å². The summed E-state index contributed by atoms with van der Waals surface area (Å²) in [4.78, 5) is 22.9. The predicted octanol–water partition coefficient (Wildman–Crippen LogP) is 6.65. The highest BCUT2D eigenvalue weighted by atomic mass is 16.5. The Balaban J connectivity index is 1.60. The van der Waals surface area contributed by atoms with Crippen LogP contribution in [0.4, 0.5) is 0 Å². The Hall–Kier alpha value is -3.14. The summed E-state index contributed by atoms with van der Waals surface area (Å²) in [5, 5.41) is 0. The van der Waals surface area contributed by atoms with E-state index in [1.807, 2.05) is 0 Å². The minimum Gasteiger partial charge on any atom is -0.462 e. The average molecular weight is 461 g/mol. The molecule has 34 heavy (non-hydrogen) atoms. The SMILES string of the molecule is C=CC(=O)OCC(COC(=O)C=C)Cc1ccc(-c2ccc(C3CCC(CC)CC3)cc2)cc1. The summed E-state index contributed by atoms with van der Waals surface area (Å²) in [6, 6.07) is 17.4. The molecule has 2 aromatic rings. The summed E-state index contributed by atoms with van der Waals surface area (Å²) >= 11 is 0. The van der Waals surface area contributed by atoms with Gasteiger partial charge in [0.2, 0.25) is 0 Å². The molecule has 0 aromatic heterocycles. The molecule has 0 aliphatic heterocycles. The summed E-state index contributed by atoms with van der Waals surface area (Å²) in [6.45, 7) is 9.44. The van der Waals surface area contributed by atoms with Gasteiger partial charge in [-0.25, -0.2) is 9.59 Å². The molecular formula is C30H36O4. The van der Waals surface area contributed by atoms with E-state index in [-0.39, 0.29) is 19.1 Å². The van der Waals surface area contributed by atoms with Gasteiger partial charge in [0.15, 0.2) is 0 Å². The first kappa shape index (κ1) is 25.5. The molecule has 0 saturated heterocycles. The lowest BCUT2D eigenvalue weighted by molar-refractivity contribution is -0.142. The molecule has 3 rings (SSSR count). The van der Waals surface area contributed by atoms with Gasteiger partial charge in [0.1, 0.15) is 0 Å². The molecule has 0 bridgehead atoms. The molecule has 0 amide bonds. The Morgan fingerprint density at radius 2 is 1.35 bits per heavy atom. The van der Waals surface area contributed by atoms with Gasteiger partial charge in [0, 0.05) is 18.1 Å². The second-order valence-corrected chi connectivity index (χ2v) is 9.18. The van der Waals surface area contributed by atoms with E-state index < -0.39 is 11.9 Å². The largest absolute Gasteiger partial charge is 0.462 e. The summed E-state index contributed by atoms with van der Waals surface area (Å²) < 4.78 is 10.4. The number of ether oxygens (including phenoxy) is 2. The first-order valence-corrected chi connectivity index (χ1v) is 12.3. The second kappa shape index (κ2) is 12.9. The molecule has 180 valence electrons. The van der Waals surface area contributed by atoms with Crippen LogP contribution in [-0.2, 0) is 25.5 Å². The topological polar surface area (TPSA) is 52.6 Å². The molecule has 0 atom stereocenters. The maximum Gasteiger partial charge on any atom is 0.330 e. The van der Waals surface area contributed by atoms with Crippen molar-refractivity contribution in [3.63, 3.8) is 0 Å². The standard InChI is InChI=1S/C30H36O4/c1-4-22-7-11-25(12-8-22)27-15-17-28(18-16-27)26-13-9-23(10-14-26)19-24(20-33-29(31)5-2)21-34-30(32)6-3/h5-6,9-10,13-18,22,24-25H,2-4,7-8,11-12,19-21H2,1H3. The van der Waals surface area contributed by atoms with Crippen molar-refractivity contribution in [1.82, 2.24) is 0 Å². The third kappa shape index (κ3) is 7.44. The summed E-state index contributed by atoms with van der Waals surface area (Å²) in [7, 11) is 0. The van der Waals surface area contributed by atoms with Crippen LogP contribution >= 0.6 is 0 Å². The number of hydrogen-bond acceptors (Lipinski definition) is 4. The Labute approximate surface area is 203 Å². The number of benzene rings is 2. The number of rotatable bonds is 11. The van der Waals surface area contributed by atoms with E-state index in [1.54, 1.807) is 0 Å². The number of carbonyl (C=O) groups excluding carboxylic acids is 2. The Kier molecular flexibility index (Phi) is 9.69. The highest BCUT2D eigenvalue weighted by Crippen LogP contribution is 2.37. The third-order valence-corrected chi connectivity index (χ3v) is 6.87. The fraction of sp³-hybridized carbons (Fsp3) is 0.400. The zero-order chi connectivity index (χ0) is 24.3. The molecular weight excluding hydrogens is 424 g/mol. The van der Waals surface area contributed by atoms with Crippen molar-refractivity contribution in [3.8, 4) is 11.1 Å². The summed E-state index contributed by atoms with van der Waals surface area (Å²) in [5.74, 6) is 0.480. The van der Waals surface area contributed by atoms with Gasteiger partial charge in [-0.2, -0.15) is 0 Å². The highest BCUT2D eigenvalue weighted by molar-refractivity contribution is 5.81. The van der Waals surface area contributed by atoms with Gasteiger partial charge in [-0.15, -0.1) is 0 Å². The molecule has 1 aliphatic rings. The van der Waals surface area contributed by atoms with Crippen LogP contribution in [0.3, 0.4) is 0 Å². The molecule has 0 N–H and O–H groups in total. The van der Waals surface area contributed by atoms with E-state index in [0.717, 1.165) is 29.2 Å². The zero-order valence-corrected chi connectivity index (χ0v) is 20.2. The van der Waals surface area contributed by atoms with Crippen LogP contribution in [0.25, 0.3) is 11.1 Å². The van der Waals surface area contributed by atoms with Crippen LogP contribution in [0.5, 0.6) is 0 Å². The van der Waals surface area contributed by atoms with Crippen molar-refractivity contribution in [2.45, 2.75) is 51.4 Å². The molecule has 1 saturated carbocycles. The van der Waals surface area contributed by atoms with E-state index in [2.05, 4.69) is 68.6 Å². The number of carbonyl (C=O) groups is 2. The van der Waals surface area contributed by atoms with E-state index in [4.69, 9.17) is 9.47 Å². The molecule has 0 heterocycles. The highest BCUT2D eigenvalue weighted by Gasteiger charge is 2.21. The van der Waals surface area contributed by atoms with Gasteiger partial charge in [0.25, 0.3) is 0 Å². The third-order valence-electron chi connectivity index (χ3n) is 6.87. The van der Waals surface area contributed by atoms with Crippen LogP contribution in [0.1, 0.15) is 56.1 Å². The lowest BCUT2D eigenvalue weighted by Crippen LogP contribution is -2.22.